The SMILES string of the molecule is CCCc1ccccc1OC(=O)c1ccc(C(C)OCC)cc1. The highest BCUT2D eigenvalue weighted by Crippen LogP contribution is 2.22. The van der Waals surface area contributed by atoms with E-state index < -0.39 is 0 Å². The summed E-state index contributed by atoms with van der Waals surface area (Å²) in [6.45, 7) is 6.74. The number of carbonyl (C=O) groups is 1. The molecule has 0 bridgehead atoms. The summed E-state index contributed by atoms with van der Waals surface area (Å²) in [4.78, 5) is 12.3. The van der Waals surface area contributed by atoms with E-state index in [-0.39, 0.29) is 12.1 Å². The molecule has 0 aromatic heterocycles. The van der Waals surface area contributed by atoms with Crippen LogP contribution in [0, 0.1) is 0 Å². The molecule has 0 fully saturated rings. The molecule has 0 radical (unpaired) electrons. The molecule has 0 amide bonds. The van der Waals surface area contributed by atoms with Crippen molar-refractivity contribution in [2.24, 2.45) is 0 Å². The van der Waals surface area contributed by atoms with Gasteiger partial charge in [0.2, 0.25) is 0 Å². The Morgan fingerprint density at radius 1 is 1.04 bits per heavy atom. The minimum Gasteiger partial charge on any atom is -0.423 e. The number of para-hydroxylation sites is 1. The van der Waals surface area contributed by atoms with Crippen LogP contribution < -0.4 is 4.74 Å². The molecule has 2 aromatic carbocycles. The number of rotatable bonds is 7. The fourth-order valence-corrected chi connectivity index (χ4v) is 2.47. The molecule has 1 unspecified atom stereocenters. The van der Waals surface area contributed by atoms with Crippen molar-refractivity contribution in [3.05, 3.63) is 65.2 Å². The first-order valence-corrected chi connectivity index (χ1v) is 8.17. The minimum absolute atomic E-state index is 0.0235. The van der Waals surface area contributed by atoms with Crippen molar-refractivity contribution in [1.29, 1.82) is 0 Å². The van der Waals surface area contributed by atoms with Gasteiger partial charge in [0.25, 0.3) is 0 Å². The molecule has 0 saturated heterocycles. The van der Waals surface area contributed by atoms with Crippen molar-refractivity contribution >= 4 is 5.97 Å². The van der Waals surface area contributed by atoms with E-state index in [1.165, 1.54) is 0 Å². The van der Waals surface area contributed by atoms with E-state index in [2.05, 4.69) is 6.92 Å². The van der Waals surface area contributed by atoms with Gasteiger partial charge in [0.15, 0.2) is 0 Å². The molecular weight excluding hydrogens is 288 g/mol. The molecule has 0 aliphatic rings. The Morgan fingerprint density at radius 2 is 1.74 bits per heavy atom. The Kier molecular flexibility index (Phi) is 6.36. The molecule has 2 aromatic rings. The molecule has 0 saturated carbocycles. The zero-order valence-electron chi connectivity index (χ0n) is 14.0. The topological polar surface area (TPSA) is 35.5 Å². The average Bonchev–Trinajstić information content (AvgIpc) is 2.57. The third-order valence-corrected chi connectivity index (χ3v) is 3.73. The fourth-order valence-electron chi connectivity index (χ4n) is 2.47. The molecular formula is C20H24O3. The number of benzene rings is 2. The second-order valence-electron chi connectivity index (χ2n) is 5.47. The first-order chi connectivity index (χ1) is 11.2. The number of hydrogen-bond acceptors (Lipinski definition) is 3. The molecule has 3 heteroatoms. The normalized spacial score (nSPS) is 12.0. The van der Waals surface area contributed by atoms with Crippen molar-refractivity contribution in [1.82, 2.24) is 0 Å². The minimum atomic E-state index is -0.329. The van der Waals surface area contributed by atoms with E-state index in [0.29, 0.717) is 17.9 Å². The first kappa shape index (κ1) is 17.2. The molecule has 3 nitrogen and oxygen atoms in total. The average molecular weight is 312 g/mol. The maximum Gasteiger partial charge on any atom is 0.343 e. The largest absolute Gasteiger partial charge is 0.423 e. The Hall–Kier alpha value is -2.13. The van der Waals surface area contributed by atoms with E-state index in [1.807, 2.05) is 50.2 Å². The predicted octanol–water partition coefficient (Wildman–Crippen LogP) is 4.96. The number of aryl methyl sites for hydroxylation is 1. The van der Waals surface area contributed by atoms with Crippen molar-refractivity contribution in [3.63, 3.8) is 0 Å². The summed E-state index contributed by atoms with van der Waals surface area (Å²) in [6, 6.07) is 15.1. The molecule has 0 heterocycles. The van der Waals surface area contributed by atoms with E-state index in [4.69, 9.17) is 9.47 Å². The second kappa shape index (κ2) is 8.49. The van der Waals surface area contributed by atoms with Gasteiger partial charge in [0.1, 0.15) is 5.75 Å². The Balaban J connectivity index is 2.09. The molecule has 0 spiro atoms. The number of hydrogen-bond donors (Lipinski definition) is 0. The molecule has 0 aliphatic heterocycles. The van der Waals surface area contributed by atoms with Gasteiger partial charge in [-0.15, -0.1) is 0 Å². The van der Waals surface area contributed by atoms with Crippen LogP contribution in [0.4, 0.5) is 0 Å². The Labute approximate surface area is 138 Å². The summed E-state index contributed by atoms with van der Waals surface area (Å²) >= 11 is 0. The summed E-state index contributed by atoms with van der Waals surface area (Å²) < 4.78 is 11.1. The van der Waals surface area contributed by atoms with Crippen LogP contribution in [0.2, 0.25) is 0 Å². The summed E-state index contributed by atoms with van der Waals surface area (Å²) in [5.41, 5.74) is 2.66. The zero-order valence-corrected chi connectivity index (χ0v) is 14.0. The van der Waals surface area contributed by atoms with E-state index in [1.54, 1.807) is 12.1 Å². The van der Waals surface area contributed by atoms with Crippen LogP contribution in [-0.4, -0.2) is 12.6 Å². The van der Waals surface area contributed by atoms with Crippen molar-refractivity contribution < 1.29 is 14.3 Å². The van der Waals surface area contributed by atoms with Crippen LogP contribution in [0.25, 0.3) is 0 Å². The first-order valence-electron chi connectivity index (χ1n) is 8.17. The van der Waals surface area contributed by atoms with Gasteiger partial charge in [0.05, 0.1) is 11.7 Å². The maximum absolute atomic E-state index is 12.3. The maximum atomic E-state index is 12.3. The van der Waals surface area contributed by atoms with Crippen molar-refractivity contribution in [2.75, 3.05) is 6.61 Å². The summed E-state index contributed by atoms with van der Waals surface area (Å²) in [7, 11) is 0. The van der Waals surface area contributed by atoms with E-state index in [0.717, 1.165) is 24.0 Å². The van der Waals surface area contributed by atoms with Gasteiger partial charge in [-0.3, -0.25) is 0 Å². The van der Waals surface area contributed by atoms with Crippen LogP contribution in [0.3, 0.4) is 0 Å². The Morgan fingerprint density at radius 3 is 2.39 bits per heavy atom. The van der Waals surface area contributed by atoms with E-state index in [9.17, 15) is 4.79 Å². The number of ether oxygens (including phenoxy) is 2. The predicted molar refractivity (Wildman–Crippen MR) is 91.9 cm³/mol. The molecule has 2 rings (SSSR count). The standard InChI is InChI=1S/C20H24O3/c1-4-8-17-9-6-7-10-19(17)23-20(21)18-13-11-16(12-14-18)15(3)22-5-2/h6-7,9-15H,4-5,8H2,1-3H3. The highest BCUT2D eigenvalue weighted by molar-refractivity contribution is 5.91. The van der Waals surface area contributed by atoms with Crippen LogP contribution in [0.5, 0.6) is 5.75 Å². The third-order valence-electron chi connectivity index (χ3n) is 3.73. The lowest BCUT2D eigenvalue weighted by molar-refractivity contribution is 0.0727. The van der Waals surface area contributed by atoms with E-state index >= 15 is 0 Å². The van der Waals surface area contributed by atoms with Crippen LogP contribution >= 0.6 is 0 Å². The fraction of sp³-hybridized carbons (Fsp3) is 0.350. The summed E-state index contributed by atoms with van der Waals surface area (Å²) in [6.07, 6.45) is 1.93. The highest BCUT2D eigenvalue weighted by atomic mass is 16.5. The van der Waals surface area contributed by atoms with Gasteiger partial charge in [-0.05, 0) is 49.6 Å². The third kappa shape index (κ3) is 4.67. The van der Waals surface area contributed by atoms with Gasteiger partial charge < -0.3 is 9.47 Å². The molecule has 23 heavy (non-hydrogen) atoms. The van der Waals surface area contributed by atoms with Crippen LogP contribution in [0.15, 0.2) is 48.5 Å². The van der Waals surface area contributed by atoms with Gasteiger partial charge in [-0.2, -0.15) is 0 Å². The lowest BCUT2D eigenvalue weighted by Gasteiger charge is -2.13. The van der Waals surface area contributed by atoms with Gasteiger partial charge in [-0.25, -0.2) is 4.79 Å². The molecule has 1 atom stereocenters. The molecule has 0 aliphatic carbocycles. The molecule has 122 valence electrons. The smallest absolute Gasteiger partial charge is 0.343 e. The second-order valence-corrected chi connectivity index (χ2v) is 5.47. The number of esters is 1. The molecule has 0 N–H and O–H groups in total. The monoisotopic (exact) mass is 312 g/mol. The van der Waals surface area contributed by atoms with Crippen molar-refractivity contribution in [2.45, 2.75) is 39.7 Å². The summed E-state index contributed by atoms with van der Waals surface area (Å²) in [5, 5.41) is 0. The Bertz CT molecular complexity index is 632. The summed E-state index contributed by atoms with van der Waals surface area (Å²) in [5.74, 6) is 0.315. The van der Waals surface area contributed by atoms with Gasteiger partial charge in [-0.1, -0.05) is 43.7 Å². The quantitative estimate of drug-likeness (QED) is 0.535. The highest BCUT2D eigenvalue weighted by Gasteiger charge is 2.12. The van der Waals surface area contributed by atoms with Crippen LogP contribution in [0.1, 0.15) is 54.8 Å². The zero-order chi connectivity index (χ0) is 16.7. The van der Waals surface area contributed by atoms with Crippen LogP contribution in [-0.2, 0) is 11.2 Å². The van der Waals surface area contributed by atoms with Gasteiger partial charge >= 0.3 is 5.97 Å². The van der Waals surface area contributed by atoms with Crippen molar-refractivity contribution in [3.8, 4) is 5.75 Å². The van der Waals surface area contributed by atoms with Gasteiger partial charge in [0, 0.05) is 6.61 Å². The number of carbonyl (C=O) groups excluding carboxylic acids is 1. The lowest BCUT2D eigenvalue weighted by Crippen LogP contribution is -2.10. The lowest BCUT2D eigenvalue weighted by atomic mass is 10.1.